The molecule has 1 aromatic rings. The van der Waals surface area contributed by atoms with E-state index in [9.17, 15) is 0 Å². The Morgan fingerprint density at radius 2 is 1.67 bits per heavy atom. The monoisotopic (exact) mass is 278 g/mol. The quantitative estimate of drug-likeness (QED) is 0.465. The molecule has 0 fully saturated rings. The fourth-order valence-corrected chi connectivity index (χ4v) is 1.28. The van der Waals surface area contributed by atoms with Crippen LogP contribution >= 0.6 is 0 Å². The third kappa shape index (κ3) is 8.76. The first kappa shape index (κ1) is 16.6. The van der Waals surface area contributed by atoms with Crippen molar-refractivity contribution < 1.29 is 22.6 Å². The molecule has 0 aliphatic carbocycles. The van der Waals surface area contributed by atoms with Gasteiger partial charge in [-0.25, -0.2) is 0 Å². The fourth-order valence-electron chi connectivity index (χ4n) is 1.28. The van der Waals surface area contributed by atoms with Gasteiger partial charge in [0.1, 0.15) is 0 Å². The highest BCUT2D eigenvalue weighted by atomic mass is 32.3. The van der Waals surface area contributed by atoms with Crippen LogP contribution in [-0.4, -0.2) is 42.3 Å². The lowest BCUT2D eigenvalue weighted by Crippen LogP contribution is -2.25. The van der Waals surface area contributed by atoms with E-state index in [4.69, 9.17) is 28.4 Å². The summed E-state index contributed by atoms with van der Waals surface area (Å²) in [5.41, 5.74) is 7.44. The fraction of sp³-hybridized carbons (Fsp3) is 0.400. The zero-order valence-corrected chi connectivity index (χ0v) is 10.8. The van der Waals surface area contributed by atoms with Crippen molar-refractivity contribution in [3.63, 3.8) is 0 Å². The van der Waals surface area contributed by atoms with Gasteiger partial charge in [0.2, 0.25) is 0 Å². The Balaban J connectivity index is 0.000000494. The zero-order valence-electron chi connectivity index (χ0n) is 10.0. The summed E-state index contributed by atoms with van der Waals surface area (Å²) >= 11 is 0. The van der Waals surface area contributed by atoms with Crippen LogP contribution in [0.2, 0.25) is 0 Å². The molecule has 1 aromatic carbocycles. The highest BCUT2D eigenvalue weighted by Gasteiger charge is 2.01. The van der Waals surface area contributed by atoms with Gasteiger partial charge in [0.05, 0.1) is 6.61 Å². The normalized spacial score (nSPS) is 10.4. The van der Waals surface area contributed by atoms with Gasteiger partial charge in [-0.05, 0) is 31.2 Å². The van der Waals surface area contributed by atoms with Crippen molar-refractivity contribution >= 4 is 21.8 Å². The van der Waals surface area contributed by atoms with Gasteiger partial charge in [0.15, 0.2) is 0 Å². The molecule has 0 saturated carbocycles. The number of nitrogen functional groups attached to an aromatic ring is 1. The van der Waals surface area contributed by atoms with Crippen molar-refractivity contribution in [1.29, 1.82) is 0 Å². The third-order valence-electron chi connectivity index (χ3n) is 2.01. The van der Waals surface area contributed by atoms with Gasteiger partial charge in [-0.2, -0.15) is 8.42 Å². The molecular formula is C10H18N2O5S. The lowest BCUT2D eigenvalue weighted by Gasteiger charge is -2.21. The maximum absolute atomic E-state index is 8.82. The molecule has 0 aliphatic heterocycles. The van der Waals surface area contributed by atoms with Crippen molar-refractivity contribution in [1.82, 2.24) is 0 Å². The molecule has 0 amide bonds. The van der Waals surface area contributed by atoms with E-state index < -0.39 is 10.4 Å². The highest BCUT2D eigenvalue weighted by Crippen LogP contribution is 2.15. The summed E-state index contributed by atoms with van der Waals surface area (Å²) in [5, 5.41) is 8.82. The number of benzene rings is 1. The number of aliphatic hydroxyl groups excluding tert-OH is 1. The number of anilines is 2. The van der Waals surface area contributed by atoms with Crippen molar-refractivity contribution in [2.75, 3.05) is 30.3 Å². The summed E-state index contributed by atoms with van der Waals surface area (Å²) in [6.07, 6.45) is 0. The number of hydrogen-bond acceptors (Lipinski definition) is 5. The third-order valence-corrected chi connectivity index (χ3v) is 2.01. The molecule has 7 nitrogen and oxygen atoms in total. The van der Waals surface area contributed by atoms with Crippen molar-refractivity contribution in [2.24, 2.45) is 0 Å². The molecule has 0 radical (unpaired) electrons. The Morgan fingerprint density at radius 3 is 2.00 bits per heavy atom. The Labute approximate surface area is 106 Å². The van der Waals surface area contributed by atoms with Crippen LogP contribution in [0.15, 0.2) is 24.3 Å². The van der Waals surface area contributed by atoms with Gasteiger partial charge in [-0.3, -0.25) is 9.11 Å². The smallest absolute Gasteiger partial charge is 0.394 e. The first-order valence-corrected chi connectivity index (χ1v) is 6.58. The van der Waals surface area contributed by atoms with Gasteiger partial charge in [-0.15, -0.1) is 0 Å². The number of likely N-dealkylation sites (N-methyl/N-ethyl adjacent to an activating group) is 1. The van der Waals surface area contributed by atoms with Gasteiger partial charge in [-0.1, -0.05) is 0 Å². The molecule has 0 spiro atoms. The lowest BCUT2D eigenvalue weighted by molar-refractivity contribution is 0.302. The minimum Gasteiger partial charge on any atom is -0.399 e. The maximum Gasteiger partial charge on any atom is 0.394 e. The van der Waals surface area contributed by atoms with Crippen molar-refractivity contribution in [3.05, 3.63) is 24.3 Å². The predicted molar refractivity (Wildman–Crippen MR) is 70.0 cm³/mol. The summed E-state index contributed by atoms with van der Waals surface area (Å²) in [4.78, 5) is 2.10. The van der Waals surface area contributed by atoms with E-state index in [1.54, 1.807) is 0 Å². The van der Waals surface area contributed by atoms with E-state index in [1.165, 1.54) is 0 Å². The molecular weight excluding hydrogens is 260 g/mol. The predicted octanol–water partition coefficient (Wildman–Crippen LogP) is 0.435. The topological polar surface area (TPSA) is 124 Å². The average molecular weight is 278 g/mol. The average Bonchev–Trinajstić information content (AvgIpc) is 2.25. The molecule has 0 aliphatic rings. The van der Waals surface area contributed by atoms with Gasteiger partial charge in [0, 0.05) is 24.5 Å². The summed E-state index contributed by atoms with van der Waals surface area (Å²) < 4.78 is 31.6. The lowest BCUT2D eigenvalue weighted by atomic mass is 10.2. The number of rotatable bonds is 4. The van der Waals surface area contributed by atoms with E-state index in [0.29, 0.717) is 6.54 Å². The first-order chi connectivity index (χ1) is 8.27. The molecule has 1 rings (SSSR count). The van der Waals surface area contributed by atoms with Crippen LogP contribution in [0, 0.1) is 0 Å². The van der Waals surface area contributed by atoms with E-state index >= 15 is 0 Å². The molecule has 0 atom stereocenters. The first-order valence-electron chi connectivity index (χ1n) is 5.19. The van der Waals surface area contributed by atoms with Gasteiger partial charge < -0.3 is 15.7 Å². The van der Waals surface area contributed by atoms with E-state index in [0.717, 1.165) is 17.9 Å². The Morgan fingerprint density at radius 1 is 1.22 bits per heavy atom. The van der Waals surface area contributed by atoms with Crippen LogP contribution in [-0.2, 0) is 10.4 Å². The van der Waals surface area contributed by atoms with Crippen molar-refractivity contribution in [2.45, 2.75) is 6.92 Å². The molecule has 0 bridgehead atoms. The summed E-state index contributed by atoms with van der Waals surface area (Å²) in [5.74, 6) is 0. The summed E-state index contributed by atoms with van der Waals surface area (Å²) in [6, 6.07) is 7.67. The molecule has 18 heavy (non-hydrogen) atoms. The van der Waals surface area contributed by atoms with Gasteiger partial charge in [0.25, 0.3) is 0 Å². The molecule has 0 aromatic heterocycles. The number of hydrogen-bond donors (Lipinski definition) is 4. The molecule has 0 unspecified atom stereocenters. The second kappa shape index (κ2) is 7.88. The highest BCUT2D eigenvalue weighted by molar-refractivity contribution is 7.79. The summed E-state index contributed by atoms with van der Waals surface area (Å²) in [7, 11) is -4.67. The largest absolute Gasteiger partial charge is 0.399 e. The number of aliphatic hydroxyl groups is 1. The number of nitrogens with two attached hydrogens (primary N) is 1. The minimum absolute atomic E-state index is 0.179. The van der Waals surface area contributed by atoms with Crippen LogP contribution < -0.4 is 10.6 Å². The standard InChI is InChI=1S/C10H16N2O.H2O4S/c1-2-12(7-8-13)10-5-3-9(11)4-6-10;1-5(2,3)4/h3-6,13H,2,7-8,11H2,1H3;(H2,1,2,3,4). The molecule has 5 N–H and O–H groups in total. The molecule has 104 valence electrons. The van der Waals surface area contributed by atoms with Crippen LogP contribution in [0.3, 0.4) is 0 Å². The second-order valence-corrected chi connectivity index (χ2v) is 4.24. The molecule has 8 heteroatoms. The summed E-state index contributed by atoms with van der Waals surface area (Å²) in [6.45, 7) is 3.80. The molecule has 0 saturated heterocycles. The van der Waals surface area contributed by atoms with E-state index in [1.807, 2.05) is 24.3 Å². The SMILES string of the molecule is CCN(CCO)c1ccc(N)cc1.O=S(=O)(O)O. The maximum atomic E-state index is 8.82. The Kier molecular flexibility index (Phi) is 7.29. The second-order valence-electron chi connectivity index (χ2n) is 3.34. The Bertz CT molecular complexity index is 424. The van der Waals surface area contributed by atoms with Crippen LogP contribution in [0.1, 0.15) is 6.92 Å². The van der Waals surface area contributed by atoms with Crippen LogP contribution in [0.25, 0.3) is 0 Å². The van der Waals surface area contributed by atoms with E-state index in [2.05, 4.69) is 11.8 Å². The Hall–Kier alpha value is -1.35. The van der Waals surface area contributed by atoms with Crippen molar-refractivity contribution in [3.8, 4) is 0 Å². The van der Waals surface area contributed by atoms with E-state index in [-0.39, 0.29) is 6.61 Å². The molecule has 0 heterocycles. The van der Waals surface area contributed by atoms with Crippen LogP contribution in [0.4, 0.5) is 11.4 Å². The van der Waals surface area contributed by atoms with Gasteiger partial charge >= 0.3 is 10.4 Å². The van der Waals surface area contributed by atoms with Crippen LogP contribution in [0.5, 0.6) is 0 Å². The minimum atomic E-state index is -4.67. The number of nitrogens with zero attached hydrogens (tertiary/aromatic N) is 1. The zero-order chi connectivity index (χ0) is 14.2.